The van der Waals surface area contributed by atoms with Crippen LogP contribution in [0.4, 0.5) is 11.5 Å². The minimum absolute atomic E-state index is 0.198. The van der Waals surface area contributed by atoms with Gasteiger partial charge in [0, 0.05) is 62.0 Å². The number of nitrogens with one attached hydrogen (secondary N) is 1. The number of rotatable bonds is 10. The maximum absolute atomic E-state index is 12.2. The van der Waals surface area contributed by atoms with Crippen molar-refractivity contribution >= 4 is 34.6 Å². The van der Waals surface area contributed by atoms with Crippen LogP contribution in [0, 0.1) is 0 Å². The molecule has 3 aromatic rings. The second-order valence-electron chi connectivity index (χ2n) is 10.4. The lowest BCUT2D eigenvalue weighted by atomic mass is 10.1. The molecule has 0 spiro atoms. The Labute approximate surface area is 223 Å². The minimum atomic E-state index is 0.198. The lowest BCUT2D eigenvalue weighted by Crippen LogP contribution is -2.51. The maximum Gasteiger partial charge on any atom is 0.319 e. The van der Waals surface area contributed by atoms with Crippen LogP contribution in [0.25, 0.3) is 16.8 Å². The predicted octanol–water partition coefficient (Wildman–Crippen LogP) is 3.53. The summed E-state index contributed by atoms with van der Waals surface area (Å²) in [5.74, 6) is 0.914. The first-order valence-corrected chi connectivity index (χ1v) is 13.2. The Morgan fingerprint density at radius 2 is 1.89 bits per heavy atom. The SMILES string of the molecule is CN(C)CCCOc1nc(C=O)c(/C=C\N(C)c2cc(O)cc3ccccc23)c(N2CC3CCC(C2)N3)n1. The van der Waals surface area contributed by atoms with Crippen LogP contribution in [0.3, 0.4) is 0 Å². The van der Waals surface area contributed by atoms with Crippen LogP contribution in [0.1, 0.15) is 35.3 Å². The Balaban J connectivity index is 1.48. The second-order valence-corrected chi connectivity index (χ2v) is 10.4. The quantitative estimate of drug-likeness (QED) is 0.310. The van der Waals surface area contributed by atoms with E-state index in [1.54, 1.807) is 12.1 Å². The number of phenols is 1. The number of carbonyl (C=O) groups excluding carboxylic acids is 1. The smallest absolute Gasteiger partial charge is 0.319 e. The zero-order chi connectivity index (χ0) is 26.6. The van der Waals surface area contributed by atoms with E-state index >= 15 is 0 Å². The number of phenolic OH excluding ortho intramolecular Hbond substituents is 1. The van der Waals surface area contributed by atoms with Crippen molar-refractivity contribution in [2.75, 3.05) is 57.2 Å². The van der Waals surface area contributed by atoms with E-state index in [4.69, 9.17) is 9.72 Å². The predicted molar refractivity (Wildman–Crippen MR) is 151 cm³/mol. The zero-order valence-corrected chi connectivity index (χ0v) is 22.3. The highest BCUT2D eigenvalue weighted by Crippen LogP contribution is 2.33. The Hall–Kier alpha value is -3.69. The normalized spacial score (nSPS) is 19.0. The third-order valence-electron chi connectivity index (χ3n) is 7.21. The molecule has 2 unspecified atom stereocenters. The van der Waals surface area contributed by atoms with Crippen molar-refractivity contribution in [1.82, 2.24) is 20.2 Å². The number of ether oxygens (including phenoxy) is 1. The molecule has 2 aromatic carbocycles. The van der Waals surface area contributed by atoms with Gasteiger partial charge < -0.3 is 29.9 Å². The Bertz CT molecular complexity index is 1320. The van der Waals surface area contributed by atoms with Crippen molar-refractivity contribution in [3.05, 3.63) is 53.9 Å². The number of piperazine rings is 1. The van der Waals surface area contributed by atoms with Crippen molar-refractivity contribution in [3.63, 3.8) is 0 Å². The summed E-state index contributed by atoms with van der Waals surface area (Å²) in [6.07, 6.45) is 7.67. The first-order valence-electron chi connectivity index (χ1n) is 13.2. The molecule has 2 aliphatic heterocycles. The van der Waals surface area contributed by atoms with Gasteiger partial charge in [-0.15, -0.1) is 0 Å². The van der Waals surface area contributed by atoms with Crippen LogP contribution < -0.4 is 19.9 Å². The van der Waals surface area contributed by atoms with Crippen LogP contribution in [-0.2, 0) is 0 Å². The van der Waals surface area contributed by atoms with Crippen molar-refractivity contribution in [2.24, 2.45) is 0 Å². The molecule has 9 nitrogen and oxygen atoms in total. The van der Waals surface area contributed by atoms with Gasteiger partial charge in [-0.1, -0.05) is 24.3 Å². The van der Waals surface area contributed by atoms with Crippen LogP contribution in [0.2, 0.25) is 0 Å². The van der Waals surface area contributed by atoms with Gasteiger partial charge in [0.25, 0.3) is 0 Å². The standard InChI is InChI=1S/C29H36N6O3/c1-33(2)12-6-14-38-29-31-26(19-36)25(28(32-29)35-17-21-9-10-22(18-35)30-21)11-13-34(3)27-16-23(37)15-20-7-4-5-8-24(20)27/h4-5,7-8,11,13,15-16,19,21-22,30,37H,6,9-10,12,14,17-18H2,1-3H3/b13-11-. The van der Waals surface area contributed by atoms with Crippen molar-refractivity contribution < 1.29 is 14.6 Å². The van der Waals surface area contributed by atoms with Crippen molar-refractivity contribution in [1.29, 1.82) is 0 Å². The molecule has 9 heteroatoms. The van der Waals surface area contributed by atoms with E-state index in [-0.39, 0.29) is 11.8 Å². The maximum atomic E-state index is 12.2. The molecule has 2 atom stereocenters. The van der Waals surface area contributed by atoms with Crippen LogP contribution in [-0.4, -0.2) is 85.7 Å². The fourth-order valence-corrected chi connectivity index (χ4v) is 5.36. The summed E-state index contributed by atoms with van der Waals surface area (Å²) < 4.78 is 5.90. The summed E-state index contributed by atoms with van der Waals surface area (Å²) in [4.78, 5) is 27.8. The van der Waals surface area contributed by atoms with Gasteiger partial charge in [0.2, 0.25) is 0 Å². The molecule has 5 rings (SSSR count). The van der Waals surface area contributed by atoms with Crippen LogP contribution in [0.15, 0.2) is 42.6 Å². The number of benzene rings is 2. The fraction of sp³-hybridized carbons (Fsp3) is 0.414. The highest BCUT2D eigenvalue weighted by atomic mass is 16.5. The van der Waals surface area contributed by atoms with E-state index in [0.717, 1.165) is 61.6 Å². The van der Waals surface area contributed by atoms with Crippen molar-refractivity contribution in [2.45, 2.75) is 31.3 Å². The zero-order valence-electron chi connectivity index (χ0n) is 22.3. The van der Waals surface area contributed by atoms with Gasteiger partial charge in [-0.05, 0) is 50.9 Å². The third-order valence-corrected chi connectivity index (χ3v) is 7.21. The molecule has 0 amide bonds. The monoisotopic (exact) mass is 516 g/mol. The first-order chi connectivity index (χ1) is 18.4. The highest BCUT2D eigenvalue weighted by Gasteiger charge is 2.34. The number of anilines is 2. The number of aldehydes is 1. The molecule has 2 saturated heterocycles. The molecule has 2 N–H and O–H groups in total. The molecule has 3 heterocycles. The number of hydrogen-bond acceptors (Lipinski definition) is 9. The van der Waals surface area contributed by atoms with Gasteiger partial charge in [0.1, 0.15) is 17.3 Å². The summed E-state index contributed by atoms with van der Waals surface area (Å²) in [7, 11) is 5.97. The van der Waals surface area contributed by atoms with E-state index in [2.05, 4.69) is 20.1 Å². The first kappa shape index (κ1) is 25.9. The molecule has 0 saturated carbocycles. The van der Waals surface area contributed by atoms with E-state index in [0.29, 0.717) is 35.8 Å². The highest BCUT2D eigenvalue weighted by molar-refractivity contribution is 5.96. The van der Waals surface area contributed by atoms with Gasteiger partial charge >= 0.3 is 6.01 Å². The molecule has 0 aliphatic carbocycles. The fourth-order valence-electron chi connectivity index (χ4n) is 5.36. The topological polar surface area (TPSA) is 94.1 Å². The molecule has 2 fully saturated rings. The largest absolute Gasteiger partial charge is 0.508 e. The number of aromatic nitrogens is 2. The Morgan fingerprint density at radius 3 is 2.63 bits per heavy atom. The van der Waals surface area contributed by atoms with E-state index < -0.39 is 0 Å². The molecule has 0 radical (unpaired) electrons. The van der Waals surface area contributed by atoms with Gasteiger partial charge in [0.15, 0.2) is 6.29 Å². The van der Waals surface area contributed by atoms with E-state index in [9.17, 15) is 9.90 Å². The lowest BCUT2D eigenvalue weighted by molar-refractivity contribution is 0.111. The van der Waals surface area contributed by atoms with Gasteiger partial charge in [0.05, 0.1) is 12.3 Å². The summed E-state index contributed by atoms with van der Waals surface area (Å²) in [6, 6.07) is 12.5. The molecule has 200 valence electrons. The molecule has 2 bridgehead atoms. The number of nitrogens with zero attached hydrogens (tertiary/aromatic N) is 5. The van der Waals surface area contributed by atoms with Gasteiger partial charge in [-0.2, -0.15) is 9.97 Å². The van der Waals surface area contributed by atoms with Crippen LogP contribution >= 0.6 is 0 Å². The second kappa shape index (κ2) is 11.4. The summed E-state index contributed by atoms with van der Waals surface area (Å²) in [6.45, 7) is 3.01. The summed E-state index contributed by atoms with van der Waals surface area (Å²) >= 11 is 0. The van der Waals surface area contributed by atoms with Crippen molar-refractivity contribution in [3.8, 4) is 11.8 Å². The molecule has 38 heavy (non-hydrogen) atoms. The molecular weight excluding hydrogens is 480 g/mol. The number of carbonyl (C=O) groups is 1. The lowest BCUT2D eigenvalue weighted by Gasteiger charge is -2.34. The minimum Gasteiger partial charge on any atom is -0.508 e. The average Bonchev–Trinajstić information content (AvgIpc) is 3.25. The summed E-state index contributed by atoms with van der Waals surface area (Å²) in [5, 5.41) is 15.9. The van der Waals surface area contributed by atoms with Gasteiger partial charge in [-0.3, -0.25) is 4.79 Å². The Morgan fingerprint density at radius 1 is 1.13 bits per heavy atom. The third kappa shape index (κ3) is 5.74. The number of aromatic hydroxyl groups is 1. The summed E-state index contributed by atoms with van der Waals surface area (Å²) in [5.41, 5.74) is 1.82. The molecule has 1 aromatic heterocycles. The van der Waals surface area contributed by atoms with Gasteiger partial charge in [-0.25, -0.2) is 0 Å². The number of fused-ring (bicyclic) bond motifs is 3. The van der Waals surface area contributed by atoms with E-state index in [1.165, 1.54) is 0 Å². The molecule has 2 aliphatic rings. The Kier molecular flexibility index (Phi) is 7.76. The van der Waals surface area contributed by atoms with Crippen LogP contribution in [0.5, 0.6) is 11.8 Å². The molecular formula is C29H36N6O3. The van der Waals surface area contributed by atoms with E-state index in [1.807, 2.05) is 62.6 Å². The number of hydrogen-bond donors (Lipinski definition) is 2. The average molecular weight is 517 g/mol.